The molecule has 2 rings (SSSR count). The molecule has 0 atom stereocenters. The minimum atomic E-state index is -0.545. The van der Waals surface area contributed by atoms with Crippen LogP contribution >= 0.6 is 24.0 Å². The van der Waals surface area contributed by atoms with E-state index < -0.39 is 5.41 Å². The van der Waals surface area contributed by atoms with E-state index in [-0.39, 0.29) is 29.9 Å². The number of carbonyl (C=O) groups excluding carboxylic acids is 1. The Morgan fingerprint density at radius 2 is 1.92 bits per heavy atom. The lowest BCUT2D eigenvalue weighted by Gasteiger charge is -2.24. The fourth-order valence-corrected chi connectivity index (χ4v) is 2.28. The predicted molar refractivity (Wildman–Crippen MR) is 110 cm³/mol. The van der Waals surface area contributed by atoms with Gasteiger partial charge in [0.2, 0.25) is 5.91 Å². The summed E-state index contributed by atoms with van der Waals surface area (Å²) in [6.45, 7) is 5.51. The van der Waals surface area contributed by atoms with Gasteiger partial charge in [-0.2, -0.15) is 0 Å². The zero-order valence-electron chi connectivity index (χ0n) is 15.1. The lowest BCUT2D eigenvalue weighted by atomic mass is 9.92. The van der Waals surface area contributed by atoms with Gasteiger partial charge in [0, 0.05) is 38.8 Å². The smallest absolute Gasteiger partial charge is 0.227 e. The highest BCUT2D eigenvalue weighted by Gasteiger charge is 2.26. The summed E-state index contributed by atoms with van der Waals surface area (Å²) in [6, 6.07) is 5.67. The molecule has 0 fully saturated rings. The maximum atomic E-state index is 11.8. The fraction of sp³-hybridized carbons (Fsp3) is 0.529. The molecule has 7 nitrogen and oxygen atoms in total. The molecule has 8 heteroatoms. The Labute approximate surface area is 166 Å². The van der Waals surface area contributed by atoms with Crippen LogP contribution in [0.1, 0.15) is 20.3 Å². The summed E-state index contributed by atoms with van der Waals surface area (Å²) >= 11 is 0. The molecule has 1 aliphatic rings. The topological polar surface area (TPSA) is 84.0 Å². The highest BCUT2D eigenvalue weighted by Crippen LogP contribution is 2.32. The predicted octanol–water partition coefficient (Wildman–Crippen LogP) is 2.23. The molecule has 0 spiro atoms. The molecule has 25 heavy (non-hydrogen) atoms. The van der Waals surface area contributed by atoms with E-state index in [1.807, 2.05) is 32.0 Å². The lowest BCUT2D eigenvalue weighted by Crippen LogP contribution is -2.45. The van der Waals surface area contributed by atoms with Gasteiger partial charge in [-0.15, -0.1) is 24.0 Å². The Morgan fingerprint density at radius 3 is 2.56 bits per heavy atom. The van der Waals surface area contributed by atoms with Crippen molar-refractivity contribution >= 4 is 41.5 Å². The van der Waals surface area contributed by atoms with Gasteiger partial charge in [0.15, 0.2) is 17.5 Å². The highest BCUT2D eigenvalue weighted by atomic mass is 127. The van der Waals surface area contributed by atoms with Crippen molar-refractivity contribution in [3.05, 3.63) is 18.2 Å². The molecule has 0 saturated carbocycles. The number of hydrogen-bond donors (Lipinski definition) is 3. The summed E-state index contributed by atoms with van der Waals surface area (Å²) in [7, 11) is 3.32. The minimum Gasteiger partial charge on any atom is -0.490 e. The van der Waals surface area contributed by atoms with Crippen LogP contribution in [0.15, 0.2) is 23.2 Å². The number of rotatable bonds is 4. The normalized spacial score (nSPS) is 14.0. The molecule has 1 aromatic carbocycles. The van der Waals surface area contributed by atoms with Crippen molar-refractivity contribution in [2.75, 3.05) is 39.2 Å². The maximum Gasteiger partial charge on any atom is 0.227 e. The highest BCUT2D eigenvalue weighted by molar-refractivity contribution is 14.0. The van der Waals surface area contributed by atoms with Gasteiger partial charge in [0.25, 0.3) is 0 Å². The number of benzene rings is 1. The van der Waals surface area contributed by atoms with Crippen LogP contribution in [0.5, 0.6) is 11.5 Å². The number of ether oxygens (including phenoxy) is 2. The summed E-state index contributed by atoms with van der Waals surface area (Å²) in [5.41, 5.74) is 0.294. The molecule has 3 N–H and O–H groups in total. The van der Waals surface area contributed by atoms with Gasteiger partial charge in [0.05, 0.1) is 18.6 Å². The first-order valence-corrected chi connectivity index (χ1v) is 8.06. The first kappa shape index (κ1) is 21.3. The lowest BCUT2D eigenvalue weighted by molar-refractivity contribution is -0.128. The van der Waals surface area contributed by atoms with Crippen molar-refractivity contribution in [1.29, 1.82) is 0 Å². The molecule has 1 aliphatic heterocycles. The number of nitrogens with one attached hydrogen (secondary N) is 3. The van der Waals surface area contributed by atoms with Crippen molar-refractivity contribution in [3.8, 4) is 11.5 Å². The van der Waals surface area contributed by atoms with Crippen molar-refractivity contribution < 1.29 is 14.3 Å². The average Bonchev–Trinajstić information content (AvgIpc) is 2.82. The number of guanidine groups is 1. The van der Waals surface area contributed by atoms with Gasteiger partial charge in [-0.05, 0) is 26.0 Å². The van der Waals surface area contributed by atoms with Crippen LogP contribution < -0.4 is 25.4 Å². The van der Waals surface area contributed by atoms with E-state index in [1.165, 1.54) is 0 Å². The van der Waals surface area contributed by atoms with Gasteiger partial charge in [-0.3, -0.25) is 9.79 Å². The molecule has 0 saturated heterocycles. The second-order valence-corrected chi connectivity index (χ2v) is 6.23. The number of anilines is 1. The standard InChI is InChI=1S/C17H26N4O3.HI/c1-17(2,15(22)18-3)11-20-16(19-4)21-12-6-7-13-14(10-12)24-9-5-8-23-13;/h6-7,10H,5,8-9,11H2,1-4H3,(H,18,22)(H2,19,20,21);1H. The van der Waals surface area contributed by atoms with Crippen molar-refractivity contribution in [1.82, 2.24) is 10.6 Å². The van der Waals surface area contributed by atoms with Crippen LogP contribution in [0, 0.1) is 5.41 Å². The van der Waals surface area contributed by atoms with Crippen LogP contribution in [-0.4, -0.2) is 45.7 Å². The molecular weight excluding hydrogens is 435 g/mol. The summed E-state index contributed by atoms with van der Waals surface area (Å²) < 4.78 is 11.3. The third-order valence-corrected chi connectivity index (χ3v) is 3.77. The van der Waals surface area contributed by atoms with E-state index in [2.05, 4.69) is 20.9 Å². The Bertz CT molecular complexity index is 620. The molecule has 1 amide bonds. The monoisotopic (exact) mass is 462 g/mol. The van der Waals surface area contributed by atoms with Crippen molar-refractivity contribution in [2.45, 2.75) is 20.3 Å². The van der Waals surface area contributed by atoms with Crippen molar-refractivity contribution in [2.24, 2.45) is 10.4 Å². The van der Waals surface area contributed by atoms with Gasteiger partial charge in [-0.25, -0.2) is 0 Å². The Balaban J connectivity index is 0.00000312. The van der Waals surface area contributed by atoms with Crippen LogP contribution in [0.4, 0.5) is 5.69 Å². The van der Waals surface area contributed by atoms with Gasteiger partial charge in [-0.1, -0.05) is 0 Å². The fourth-order valence-electron chi connectivity index (χ4n) is 2.28. The van der Waals surface area contributed by atoms with E-state index in [4.69, 9.17) is 9.47 Å². The van der Waals surface area contributed by atoms with Crippen LogP contribution in [-0.2, 0) is 4.79 Å². The molecular formula is C17H27IN4O3. The second-order valence-electron chi connectivity index (χ2n) is 6.23. The van der Waals surface area contributed by atoms with E-state index in [0.29, 0.717) is 25.7 Å². The van der Waals surface area contributed by atoms with E-state index in [9.17, 15) is 4.79 Å². The maximum absolute atomic E-state index is 11.8. The number of nitrogens with zero attached hydrogens (tertiary/aromatic N) is 1. The van der Waals surface area contributed by atoms with E-state index in [1.54, 1.807) is 14.1 Å². The van der Waals surface area contributed by atoms with Crippen LogP contribution in [0.2, 0.25) is 0 Å². The summed E-state index contributed by atoms with van der Waals surface area (Å²) in [5, 5.41) is 9.04. The number of carbonyl (C=O) groups is 1. The molecule has 140 valence electrons. The Morgan fingerprint density at radius 1 is 1.24 bits per heavy atom. The average molecular weight is 462 g/mol. The minimum absolute atomic E-state index is 0. The largest absolute Gasteiger partial charge is 0.490 e. The van der Waals surface area contributed by atoms with Crippen LogP contribution in [0.3, 0.4) is 0 Å². The van der Waals surface area contributed by atoms with E-state index in [0.717, 1.165) is 23.6 Å². The quantitative estimate of drug-likeness (QED) is 0.363. The first-order chi connectivity index (χ1) is 11.5. The number of aliphatic imine (C=N–C) groups is 1. The number of hydrogen-bond acceptors (Lipinski definition) is 4. The number of amides is 1. The third kappa shape index (κ3) is 5.94. The summed E-state index contributed by atoms with van der Waals surface area (Å²) in [4.78, 5) is 16.0. The third-order valence-electron chi connectivity index (χ3n) is 3.77. The molecule has 0 radical (unpaired) electrons. The second kappa shape index (κ2) is 9.69. The first-order valence-electron chi connectivity index (χ1n) is 8.06. The Hall–Kier alpha value is -1.71. The van der Waals surface area contributed by atoms with Gasteiger partial charge >= 0.3 is 0 Å². The summed E-state index contributed by atoms with van der Waals surface area (Å²) in [6.07, 6.45) is 0.870. The van der Waals surface area contributed by atoms with E-state index >= 15 is 0 Å². The zero-order chi connectivity index (χ0) is 17.6. The molecule has 0 aliphatic carbocycles. The van der Waals surface area contributed by atoms with Gasteiger partial charge < -0.3 is 25.4 Å². The molecule has 0 unspecified atom stereocenters. The Kier molecular flexibility index (Phi) is 8.27. The number of halogens is 1. The zero-order valence-corrected chi connectivity index (χ0v) is 17.5. The summed E-state index contributed by atoms with van der Waals surface area (Å²) in [5.74, 6) is 2.03. The molecule has 0 aromatic heterocycles. The van der Waals surface area contributed by atoms with Crippen molar-refractivity contribution in [3.63, 3.8) is 0 Å². The molecule has 0 bridgehead atoms. The van der Waals surface area contributed by atoms with Gasteiger partial charge in [0.1, 0.15) is 0 Å². The molecule has 1 heterocycles. The number of fused-ring (bicyclic) bond motifs is 1. The van der Waals surface area contributed by atoms with Crippen LogP contribution in [0.25, 0.3) is 0 Å². The SMILES string of the molecule is CN=C(NCC(C)(C)C(=O)NC)Nc1ccc2c(c1)OCCCO2.I. The molecule has 1 aromatic rings.